The van der Waals surface area contributed by atoms with Crippen molar-refractivity contribution in [3.8, 4) is 23.8 Å². The average Bonchev–Trinajstić information content (AvgIpc) is 2.51. The first kappa shape index (κ1) is 17.3. The van der Waals surface area contributed by atoms with E-state index >= 15 is 0 Å². The molecule has 0 aliphatic rings. The first-order valence-electron chi connectivity index (χ1n) is 6.57. The summed E-state index contributed by atoms with van der Waals surface area (Å²) in [5.74, 6) is 2.59. The van der Waals surface area contributed by atoms with E-state index in [1.807, 2.05) is 0 Å². The van der Waals surface area contributed by atoms with E-state index in [1.54, 1.807) is 32.0 Å². The van der Waals surface area contributed by atoms with E-state index in [1.165, 1.54) is 20.3 Å². The van der Waals surface area contributed by atoms with E-state index < -0.39 is 11.4 Å². The molecule has 0 bridgehead atoms. The highest BCUT2D eigenvalue weighted by atomic mass is 16.5. The van der Waals surface area contributed by atoms with Crippen molar-refractivity contribution in [1.29, 1.82) is 0 Å². The molecule has 0 saturated carbocycles. The number of hydrogen-bond acceptors (Lipinski definition) is 4. The lowest BCUT2D eigenvalue weighted by molar-refractivity contribution is -0.117. The Labute approximate surface area is 130 Å². The largest absolute Gasteiger partial charge is 0.497 e. The molecular weight excluding hydrogens is 282 g/mol. The number of allylic oxidation sites excluding steroid dienone is 1. The molecule has 1 N–H and O–H groups in total. The van der Waals surface area contributed by atoms with Crippen LogP contribution in [0.1, 0.15) is 24.2 Å². The summed E-state index contributed by atoms with van der Waals surface area (Å²) >= 11 is 0. The zero-order valence-electron chi connectivity index (χ0n) is 13.1. The minimum absolute atomic E-state index is 0.337. The van der Waals surface area contributed by atoms with Gasteiger partial charge < -0.3 is 14.8 Å². The lowest BCUT2D eigenvalue weighted by Crippen LogP contribution is -2.41. The van der Waals surface area contributed by atoms with Crippen LogP contribution in [0.3, 0.4) is 0 Å². The molecule has 0 fully saturated rings. The van der Waals surface area contributed by atoms with Crippen molar-refractivity contribution >= 4 is 11.7 Å². The summed E-state index contributed by atoms with van der Waals surface area (Å²) in [5, 5.41) is 2.59. The van der Waals surface area contributed by atoms with Gasteiger partial charge in [-0.05, 0) is 32.1 Å². The second-order valence-corrected chi connectivity index (χ2v) is 5.02. The lowest BCUT2D eigenvalue weighted by atomic mass is 10.1. The Morgan fingerprint density at radius 2 is 1.91 bits per heavy atom. The summed E-state index contributed by atoms with van der Waals surface area (Å²) in [7, 11) is 2.98. The second kappa shape index (κ2) is 7.32. The highest BCUT2D eigenvalue weighted by Crippen LogP contribution is 2.25. The van der Waals surface area contributed by atoms with Crippen molar-refractivity contribution < 1.29 is 19.1 Å². The second-order valence-electron chi connectivity index (χ2n) is 5.02. The summed E-state index contributed by atoms with van der Waals surface area (Å²) in [6, 6.07) is 4.82. The molecule has 0 radical (unpaired) electrons. The fourth-order valence-corrected chi connectivity index (χ4v) is 1.63. The van der Waals surface area contributed by atoms with Gasteiger partial charge in [0.2, 0.25) is 5.91 Å². The number of carbonyl (C=O) groups excluding carboxylic acids is 2. The number of carbonyl (C=O) groups is 2. The summed E-state index contributed by atoms with van der Waals surface area (Å²) in [4.78, 5) is 23.8. The minimum Gasteiger partial charge on any atom is -0.497 e. The Hall–Kier alpha value is -2.74. The summed E-state index contributed by atoms with van der Waals surface area (Å²) in [6.45, 7) is 3.38. The van der Waals surface area contributed by atoms with E-state index in [4.69, 9.17) is 15.9 Å². The number of rotatable bonds is 6. The summed E-state index contributed by atoms with van der Waals surface area (Å²) in [5.41, 5.74) is -0.439. The minimum atomic E-state index is -0.776. The third kappa shape index (κ3) is 4.67. The van der Waals surface area contributed by atoms with Crippen LogP contribution < -0.4 is 14.8 Å². The molecule has 0 heterocycles. The van der Waals surface area contributed by atoms with Crippen LogP contribution in [0.25, 0.3) is 0 Å². The van der Waals surface area contributed by atoms with Crippen molar-refractivity contribution in [3.05, 3.63) is 35.9 Å². The molecule has 1 aromatic carbocycles. The van der Waals surface area contributed by atoms with Crippen LogP contribution in [0, 0.1) is 12.3 Å². The average molecular weight is 301 g/mol. The zero-order chi connectivity index (χ0) is 16.8. The monoisotopic (exact) mass is 301 g/mol. The van der Waals surface area contributed by atoms with Crippen molar-refractivity contribution in [2.45, 2.75) is 19.4 Å². The van der Waals surface area contributed by atoms with Crippen LogP contribution in [0.15, 0.2) is 30.4 Å². The lowest BCUT2D eigenvalue weighted by Gasteiger charge is -2.17. The van der Waals surface area contributed by atoms with Crippen LogP contribution >= 0.6 is 0 Å². The van der Waals surface area contributed by atoms with Crippen LogP contribution in [-0.4, -0.2) is 31.4 Å². The van der Waals surface area contributed by atoms with Gasteiger partial charge in [-0.3, -0.25) is 9.59 Å². The number of ketones is 1. The van der Waals surface area contributed by atoms with Gasteiger partial charge in [-0.2, -0.15) is 0 Å². The van der Waals surface area contributed by atoms with E-state index in [2.05, 4.69) is 11.2 Å². The molecule has 0 atom stereocenters. The molecule has 1 rings (SSSR count). The maximum atomic E-state index is 12.1. The first-order chi connectivity index (χ1) is 10.3. The molecule has 5 nitrogen and oxygen atoms in total. The third-order valence-corrected chi connectivity index (χ3v) is 2.86. The van der Waals surface area contributed by atoms with Crippen molar-refractivity contribution in [1.82, 2.24) is 5.32 Å². The highest BCUT2D eigenvalue weighted by molar-refractivity contribution is 6.09. The molecule has 0 saturated heterocycles. The Morgan fingerprint density at radius 3 is 2.45 bits per heavy atom. The molecule has 0 aliphatic heterocycles. The summed E-state index contributed by atoms with van der Waals surface area (Å²) in [6.07, 6.45) is 7.60. The van der Waals surface area contributed by atoms with Crippen molar-refractivity contribution in [2.24, 2.45) is 0 Å². The molecule has 1 amide bonds. The predicted molar refractivity (Wildman–Crippen MR) is 84.1 cm³/mol. The molecule has 0 unspecified atom stereocenters. The molecular formula is C17H19NO4. The quantitative estimate of drug-likeness (QED) is 0.496. The Balaban J connectivity index is 2.87. The topological polar surface area (TPSA) is 64.6 Å². The molecule has 0 aliphatic carbocycles. The zero-order valence-corrected chi connectivity index (χ0v) is 13.1. The Kier molecular flexibility index (Phi) is 5.76. The van der Waals surface area contributed by atoms with Crippen LogP contribution in [0.5, 0.6) is 11.5 Å². The Morgan fingerprint density at radius 1 is 1.23 bits per heavy atom. The fraction of sp³-hybridized carbons (Fsp3) is 0.294. The molecule has 116 valence electrons. The Bertz CT molecular complexity index is 639. The number of benzene rings is 1. The van der Waals surface area contributed by atoms with E-state index in [-0.39, 0.29) is 5.78 Å². The molecule has 5 heteroatoms. The molecule has 0 spiro atoms. The normalized spacial score (nSPS) is 10.9. The molecule has 22 heavy (non-hydrogen) atoms. The van der Waals surface area contributed by atoms with Crippen molar-refractivity contribution in [3.63, 3.8) is 0 Å². The standard InChI is InChI=1S/C17H19NO4/c1-6-17(2,3)18-16(20)10-9-14(19)13-8-7-12(21-4)11-15(13)22-5/h1,7-11H,2-5H3,(H,18,20)/b10-9-. The fourth-order valence-electron chi connectivity index (χ4n) is 1.63. The maximum Gasteiger partial charge on any atom is 0.245 e. The number of hydrogen-bond donors (Lipinski definition) is 1. The van der Waals surface area contributed by atoms with Crippen LogP contribution in [0.4, 0.5) is 0 Å². The molecule has 0 aromatic heterocycles. The smallest absolute Gasteiger partial charge is 0.245 e. The number of ether oxygens (including phenoxy) is 2. The van der Waals surface area contributed by atoms with Gasteiger partial charge in [-0.15, -0.1) is 6.42 Å². The predicted octanol–water partition coefficient (Wildman–Crippen LogP) is 1.97. The van der Waals surface area contributed by atoms with Gasteiger partial charge in [0.15, 0.2) is 5.78 Å². The van der Waals surface area contributed by atoms with Gasteiger partial charge >= 0.3 is 0 Å². The van der Waals surface area contributed by atoms with Crippen LogP contribution in [0.2, 0.25) is 0 Å². The summed E-state index contributed by atoms with van der Waals surface area (Å²) < 4.78 is 10.2. The van der Waals surface area contributed by atoms with E-state index in [9.17, 15) is 9.59 Å². The van der Waals surface area contributed by atoms with Gasteiger partial charge in [-0.25, -0.2) is 0 Å². The van der Waals surface area contributed by atoms with Gasteiger partial charge in [-0.1, -0.05) is 5.92 Å². The third-order valence-electron chi connectivity index (χ3n) is 2.86. The van der Waals surface area contributed by atoms with Gasteiger partial charge in [0.25, 0.3) is 0 Å². The van der Waals surface area contributed by atoms with Gasteiger partial charge in [0.05, 0.1) is 25.3 Å². The van der Waals surface area contributed by atoms with Gasteiger partial charge in [0.1, 0.15) is 11.5 Å². The van der Waals surface area contributed by atoms with E-state index in [0.717, 1.165) is 6.08 Å². The van der Waals surface area contributed by atoms with Crippen LogP contribution in [-0.2, 0) is 4.79 Å². The van der Waals surface area contributed by atoms with E-state index in [0.29, 0.717) is 17.1 Å². The number of amides is 1. The first-order valence-corrected chi connectivity index (χ1v) is 6.57. The van der Waals surface area contributed by atoms with Crippen molar-refractivity contribution in [2.75, 3.05) is 14.2 Å². The van der Waals surface area contributed by atoms with Gasteiger partial charge in [0, 0.05) is 12.1 Å². The number of terminal acetylenes is 1. The highest BCUT2D eigenvalue weighted by Gasteiger charge is 2.16. The number of nitrogens with one attached hydrogen (secondary N) is 1. The maximum absolute atomic E-state index is 12.1. The number of methoxy groups -OCH3 is 2. The SMILES string of the molecule is C#CC(C)(C)NC(=O)/C=C\C(=O)c1ccc(OC)cc1OC. The molecule has 1 aromatic rings.